The molecule has 54 heavy (non-hydrogen) atoms. The zero-order chi connectivity index (χ0) is 37.9. The first kappa shape index (κ1) is 35.5. The van der Waals surface area contributed by atoms with Gasteiger partial charge in [-0.1, -0.05) is 0 Å². The number of phenols is 1. The van der Waals surface area contributed by atoms with Crippen LogP contribution in [0.4, 0.5) is 11.6 Å². The first-order valence-electron chi connectivity index (χ1n) is 18.2. The molecule has 280 valence electrons. The highest BCUT2D eigenvalue weighted by Crippen LogP contribution is 2.47. The van der Waals surface area contributed by atoms with Crippen LogP contribution in [0, 0.1) is 6.92 Å². The fourth-order valence-electron chi connectivity index (χ4n) is 7.79. The van der Waals surface area contributed by atoms with Crippen molar-refractivity contribution in [3.8, 4) is 22.8 Å². The smallest absolute Gasteiger partial charge is 0.341 e. The number of aromatic nitrogens is 2. The van der Waals surface area contributed by atoms with Crippen LogP contribution in [0.3, 0.4) is 0 Å². The average Bonchev–Trinajstić information content (AvgIpc) is 3.42. The van der Waals surface area contributed by atoms with Crippen molar-refractivity contribution < 1.29 is 33.4 Å². The topological polar surface area (TPSA) is 205 Å². The molecule has 1 fully saturated rings. The van der Waals surface area contributed by atoms with Crippen LogP contribution in [0.25, 0.3) is 22.2 Å². The first-order valence-corrected chi connectivity index (χ1v) is 18.2. The number of aryl methyl sites for hydroxylation is 2. The van der Waals surface area contributed by atoms with E-state index >= 15 is 0 Å². The predicted molar refractivity (Wildman–Crippen MR) is 202 cm³/mol. The van der Waals surface area contributed by atoms with Crippen LogP contribution in [0.15, 0.2) is 74.7 Å². The van der Waals surface area contributed by atoms with Gasteiger partial charge in [-0.2, -0.15) is 0 Å². The maximum atomic E-state index is 14.0. The number of nitrogen functional groups attached to an aromatic ring is 2. The number of nitrogens with zero attached hydrogens (tertiary/aromatic N) is 3. The molecule has 4 atom stereocenters. The maximum Gasteiger partial charge on any atom is 0.341 e. The summed E-state index contributed by atoms with van der Waals surface area (Å²) in [6.07, 6.45) is 6.47. The molecule has 8 rings (SSSR count). The van der Waals surface area contributed by atoms with E-state index in [9.17, 15) is 14.7 Å². The number of esters is 1. The van der Waals surface area contributed by atoms with E-state index in [1.165, 1.54) is 11.0 Å². The van der Waals surface area contributed by atoms with Gasteiger partial charge in [-0.25, -0.2) is 14.8 Å². The number of ether oxygens (including phenoxy) is 3. The van der Waals surface area contributed by atoms with E-state index in [4.69, 9.17) is 30.1 Å². The second-order valence-electron chi connectivity index (χ2n) is 15.0. The lowest BCUT2D eigenvalue weighted by atomic mass is 9.89. The summed E-state index contributed by atoms with van der Waals surface area (Å²) >= 11 is 0. The van der Waals surface area contributed by atoms with Gasteiger partial charge in [-0.3, -0.25) is 14.7 Å². The van der Waals surface area contributed by atoms with Crippen LogP contribution in [0.5, 0.6) is 11.5 Å². The number of phenolic OH excluding ortho intramolecular Hbond substituents is 1. The lowest BCUT2D eigenvalue weighted by molar-refractivity contribution is -0.848. The Morgan fingerprint density at radius 1 is 1.13 bits per heavy atom. The van der Waals surface area contributed by atoms with Crippen LogP contribution < -0.4 is 31.8 Å². The first-order chi connectivity index (χ1) is 25.8. The van der Waals surface area contributed by atoms with Gasteiger partial charge < -0.3 is 40.5 Å². The fraction of sp³-hybridized carbons (Fsp3) is 0.375. The highest BCUT2D eigenvalue weighted by Gasteiger charge is 2.63. The van der Waals surface area contributed by atoms with Crippen molar-refractivity contribution in [2.24, 2.45) is 4.99 Å². The number of hydrogen-bond acceptors (Lipinski definition) is 13. The Hall–Kier alpha value is -5.57. The van der Waals surface area contributed by atoms with Gasteiger partial charge in [0.05, 0.1) is 23.1 Å². The van der Waals surface area contributed by atoms with E-state index in [2.05, 4.69) is 26.5 Å². The number of aromatic hydroxyl groups is 1. The molecule has 0 saturated carbocycles. The van der Waals surface area contributed by atoms with Crippen LogP contribution in [0.1, 0.15) is 49.3 Å². The zero-order valence-corrected chi connectivity index (χ0v) is 30.7. The number of rotatable bonds is 11. The van der Waals surface area contributed by atoms with E-state index in [0.717, 1.165) is 34.7 Å². The SMILES string of the molecule is CNCC[C@]1(C(=O)O[C@@H]2Cc3c(cc4oc(C)cc(=O)c4c3O)OC2(C)C)O[C@@H]1CCc1cc(N)nc(-c2cc(N)nc(C[NH+]3C=C4C=CN=C4C3)c2)c1. The molecule has 0 radical (unpaired) electrons. The van der Waals surface area contributed by atoms with E-state index < -0.39 is 29.4 Å². The molecular formula is C40H44N7O7+. The Bertz CT molecular complexity index is 2350. The zero-order valence-electron chi connectivity index (χ0n) is 30.7. The molecule has 0 bridgehead atoms. The standard InChI is InChI=1S/C40H43N7O7/c1-21-11-29(48)36-31(51-21)17-30-26(37(36)49)16-33(39(2,3)53-30)52-38(50)40(8-10-43-4)32(54-40)6-5-22-12-27(46-34(41)13-22)24-14-25(45-35(42)15-24)19-47-18-23-7-9-44-28(23)20-47/h7,9,11-15,17-18,32-33,43,49H,5-6,8,10,16,19-20H2,1-4H3,(H2,41,46)(H2,42,45)/p+1/t32-,33-,40+/m1/s1. The molecule has 3 aromatic heterocycles. The Labute approximate surface area is 311 Å². The second kappa shape index (κ2) is 13.4. The lowest BCUT2D eigenvalue weighted by Crippen LogP contribution is -3.05. The molecule has 7 N–H and O–H groups in total. The fourth-order valence-corrected chi connectivity index (χ4v) is 7.79. The monoisotopic (exact) mass is 734 g/mol. The second-order valence-corrected chi connectivity index (χ2v) is 15.0. The summed E-state index contributed by atoms with van der Waals surface area (Å²) < 4.78 is 24.4. The Kier molecular flexibility index (Phi) is 8.78. The minimum Gasteiger partial charge on any atom is -0.507 e. The largest absolute Gasteiger partial charge is 0.507 e. The summed E-state index contributed by atoms with van der Waals surface area (Å²) in [6, 6.07) is 10.5. The third-order valence-electron chi connectivity index (χ3n) is 10.6. The highest BCUT2D eigenvalue weighted by molar-refractivity contribution is 6.06. The van der Waals surface area contributed by atoms with Gasteiger partial charge in [0.2, 0.25) is 0 Å². The van der Waals surface area contributed by atoms with Crippen molar-refractivity contribution in [1.82, 2.24) is 15.3 Å². The van der Waals surface area contributed by atoms with Crippen LogP contribution >= 0.6 is 0 Å². The van der Waals surface area contributed by atoms with Gasteiger partial charge in [0.15, 0.2) is 11.0 Å². The van der Waals surface area contributed by atoms with Crippen molar-refractivity contribution in [3.63, 3.8) is 0 Å². The number of fused-ring (bicyclic) bond motifs is 3. The molecule has 7 heterocycles. The molecule has 4 aromatic rings. The summed E-state index contributed by atoms with van der Waals surface area (Å²) in [5, 5.41) is 14.4. The number of carbonyl (C=O) groups is 1. The Morgan fingerprint density at radius 3 is 2.74 bits per heavy atom. The molecule has 14 nitrogen and oxygen atoms in total. The van der Waals surface area contributed by atoms with E-state index in [1.54, 1.807) is 19.1 Å². The van der Waals surface area contributed by atoms with E-state index in [0.29, 0.717) is 66.8 Å². The highest BCUT2D eigenvalue weighted by atomic mass is 16.7. The van der Waals surface area contributed by atoms with Crippen LogP contribution in [0.2, 0.25) is 0 Å². The molecular weight excluding hydrogens is 690 g/mol. The van der Waals surface area contributed by atoms with Gasteiger partial charge in [0.25, 0.3) is 0 Å². The quantitative estimate of drug-likeness (QED) is 0.112. The van der Waals surface area contributed by atoms with Crippen molar-refractivity contribution >= 4 is 34.3 Å². The number of epoxide rings is 1. The average molecular weight is 735 g/mol. The molecule has 4 aliphatic rings. The van der Waals surface area contributed by atoms with Crippen molar-refractivity contribution in [2.75, 3.05) is 31.6 Å². The van der Waals surface area contributed by atoms with Crippen molar-refractivity contribution in [2.45, 2.75) is 76.4 Å². The van der Waals surface area contributed by atoms with Crippen LogP contribution in [-0.2, 0) is 33.7 Å². The number of anilines is 2. The molecule has 1 aromatic carbocycles. The number of nitrogens with two attached hydrogens (primary N) is 2. The Balaban J connectivity index is 0.970. The van der Waals surface area contributed by atoms with Crippen LogP contribution in [-0.4, -0.2) is 70.3 Å². The number of carbonyl (C=O) groups excluding carboxylic acids is 1. The van der Waals surface area contributed by atoms with Gasteiger partial charge in [0.1, 0.15) is 76.6 Å². The summed E-state index contributed by atoms with van der Waals surface area (Å²) in [6.45, 7) is 7.28. The van der Waals surface area contributed by atoms with Crippen molar-refractivity contribution in [3.05, 3.63) is 93.3 Å². The summed E-state index contributed by atoms with van der Waals surface area (Å²) in [5.74, 6) is 0.826. The third-order valence-corrected chi connectivity index (χ3v) is 10.6. The van der Waals surface area contributed by atoms with Gasteiger partial charge in [0, 0.05) is 42.3 Å². The van der Waals surface area contributed by atoms with E-state index in [1.807, 2.05) is 51.4 Å². The molecule has 4 aliphatic heterocycles. The molecule has 0 spiro atoms. The predicted octanol–water partition coefficient (Wildman–Crippen LogP) is 2.68. The lowest BCUT2D eigenvalue weighted by Gasteiger charge is -2.39. The molecule has 0 aliphatic carbocycles. The van der Waals surface area contributed by atoms with Crippen molar-refractivity contribution in [1.29, 1.82) is 0 Å². The maximum absolute atomic E-state index is 14.0. The summed E-state index contributed by atoms with van der Waals surface area (Å²) in [4.78, 5) is 41.6. The number of benzene rings is 1. The van der Waals surface area contributed by atoms with Gasteiger partial charge in [-0.15, -0.1) is 0 Å². The number of allylic oxidation sites excluding steroid dienone is 1. The number of aliphatic imine (C=N–C) groups is 1. The summed E-state index contributed by atoms with van der Waals surface area (Å²) in [7, 11) is 1.82. The minimum atomic E-state index is -1.16. The number of hydrogen-bond donors (Lipinski definition) is 5. The molecule has 0 amide bonds. The van der Waals surface area contributed by atoms with Gasteiger partial charge >= 0.3 is 5.97 Å². The molecule has 1 unspecified atom stereocenters. The molecule has 14 heteroatoms. The normalized spacial score (nSPS) is 23.4. The minimum absolute atomic E-state index is 0.0630. The third kappa shape index (κ3) is 6.61. The number of nitrogens with one attached hydrogen (secondary N) is 2. The number of pyridine rings is 2. The number of quaternary nitrogens is 1. The molecule has 1 saturated heterocycles. The summed E-state index contributed by atoms with van der Waals surface area (Å²) in [5.41, 5.74) is 16.2. The Morgan fingerprint density at radius 2 is 1.94 bits per heavy atom. The van der Waals surface area contributed by atoms with E-state index in [-0.39, 0.29) is 28.6 Å². The van der Waals surface area contributed by atoms with Gasteiger partial charge in [-0.05, 0) is 83.1 Å².